The molecule has 1 amide bonds. The third-order valence-corrected chi connectivity index (χ3v) is 1.23. The number of nitrogens with one attached hydrogen (secondary N) is 1. The molecule has 1 rings (SSSR count). The first-order valence-electron chi connectivity index (χ1n) is 4.50. The van der Waals surface area contributed by atoms with E-state index in [-0.39, 0.29) is 6.61 Å². The lowest BCUT2D eigenvalue weighted by atomic mass is 10.2. The molecule has 0 saturated heterocycles. The summed E-state index contributed by atoms with van der Waals surface area (Å²) in [4.78, 5) is 9.87. The molecule has 0 saturated carbocycles. The largest absolute Gasteiger partial charge is 0.397 e. The first kappa shape index (κ1) is 15.7. The van der Waals surface area contributed by atoms with Crippen LogP contribution in [0.3, 0.4) is 0 Å². The molecule has 0 atom stereocenters. The number of aliphatic hydroxyl groups is 1. The summed E-state index contributed by atoms with van der Waals surface area (Å²) in [5.41, 5.74) is 1.12. The van der Waals surface area contributed by atoms with Crippen molar-refractivity contribution in [1.82, 2.24) is 5.32 Å². The molecule has 82 valence electrons. The van der Waals surface area contributed by atoms with Crippen molar-refractivity contribution in [3.8, 4) is 12.8 Å². The first-order valence-corrected chi connectivity index (χ1v) is 4.50. The van der Waals surface area contributed by atoms with E-state index in [4.69, 9.17) is 5.11 Å². The van der Waals surface area contributed by atoms with E-state index in [1.165, 1.54) is 0 Å². The predicted octanol–water partition coefficient (Wildman–Crippen LogP) is 1.18. The molecule has 0 fully saturated rings. The van der Waals surface area contributed by atoms with E-state index in [0.29, 0.717) is 13.0 Å². The summed E-state index contributed by atoms with van der Waals surface area (Å²) in [7, 11) is 0. The molecule has 0 bridgehead atoms. The molecule has 0 aliphatic carbocycles. The number of amides is 1. The Morgan fingerprint density at radius 2 is 1.80 bits per heavy atom. The highest BCUT2D eigenvalue weighted by Crippen LogP contribution is 1.95. The van der Waals surface area contributed by atoms with Crippen LogP contribution in [0.5, 0.6) is 0 Å². The average Bonchev–Trinajstić information content (AvgIpc) is 2.31. The van der Waals surface area contributed by atoms with E-state index in [1.807, 2.05) is 30.3 Å². The number of carbonyl (C=O) groups is 1. The van der Waals surface area contributed by atoms with Crippen LogP contribution >= 0.6 is 0 Å². The molecule has 0 radical (unpaired) electrons. The van der Waals surface area contributed by atoms with Gasteiger partial charge >= 0.3 is 0 Å². The normalized spacial score (nSPS) is 7.20. The van der Waals surface area contributed by atoms with Crippen LogP contribution in [-0.2, 0) is 11.3 Å². The zero-order valence-corrected chi connectivity index (χ0v) is 8.89. The van der Waals surface area contributed by atoms with Crippen molar-refractivity contribution in [3.05, 3.63) is 35.9 Å². The fourth-order valence-corrected chi connectivity index (χ4v) is 0.755. The zero-order chi connectivity index (χ0) is 11.9. The highest BCUT2D eigenvalue weighted by atomic mass is 16.2. The second-order valence-corrected chi connectivity index (χ2v) is 2.30. The molecule has 1 aromatic rings. The highest BCUT2D eigenvalue weighted by molar-refractivity contribution is 5.46. The van der Waals surface area contributed by atoms with Crippen molar-refractivity contribution in [2.24, 2.45) is 0 Å². The standard InChI is InChI=1S/C8H9NO.C2H6O.C2H2/c10-7-9-6-8-4-2-1-3-5-8;1-2-3;1-2/h1-5,7H,6H2,(H,9,10);3H,2H2,1H3;1-2H. The van der Waals surface area contributed by atoms with Gasteiger partial charge in [-0.2, -0.15) is 0 Å². The third-order valence-electron chi connectivity index (χ3n) is 1.23. The van der Waals surface area contributed by atoms with Crippen LogP contribution < -0.4 is 5.32 Å². The minimum absolute atomic E-state index is 0.250. The van der Waals surface area contributed by atoms with Crippen LogP contribution in [0.15, 0.2) is 30.3 Å². The Morgan fingerprint density at radius 1 is 1.33 bits per heavy atom. The van der Waals surface area contributed by atoms with Gasteiger partial charge in [-0.15, -0.1) is 12.8 Å². The molecule has 1 aromatic carbocycles. The number of terminal acetylenes is 1. The Morgan fingerprint density at radius 3 is 2.20 bits per heavy atom. The van der Waals surface area contributed by atoms with Crippen molar-refractivity contribution >= 4 is 6.41 Å². The van der Waals surface area contributed by atoms with Gasteiger partial charge in [0.25, 0.3) is 0 Å². The molecule has 15 heavy (non-hydrogen) atoms. The maximum atomic E-state index is 9.87. The van der Waals surface area contributed by atoms with Crippen molar-refractivity contribution in [1.29, 1.82) is 0 Å². The van der Waals surface area contributed by atoms with Crippen LogP contribution in [0.25, 0.3) is 0 Å². The molecule has 0 unspecified atom stereocenters. The highest BCUT2D eigenvalue weighted by Gasteiger charge is 1.85. The van der Waals surface area contributed by atoms with Crippen molar-refractivity contribution in [2.75, 3.05) is 6.61 Å². The van der Waals surface area contributed by atoms with Crippen molar-refractivity contribution < 1.29 is 9.90 Å². The van der Waals surface area contributed by atoms with E-state index >= 15 is 0 Å². The van der Waals surface area contributed by atoms with Gasteiger partial charge in [-0.3, -0.25) is 4.79 Å². The Labute approximate surface area is 91.1 Å². The van der Waals surface area contributed by atoms with E-state index in [2.05, 4.69) is 18.2 Å². The quantitative estimate of drug-likeness (QED) is 0.577. The summed E-state index contributed by atoms with van der Waals surface area (Å²) in [6.45, 7) is 2.55. The second-order valence-electron chi connectivity index (χ2n) is 2.30. The number of carbonyl (C=O) groups excluding carboxylic acids is 1. The van der Waals surface area contributed by atoms with Gasteiger partial charge in [0.05, 0.1) is 0 Å². The number of hydrogen-bond acceptors (Lipinski definition) is 2. The Balaban J connectivity index is 0. The van der Waals surface area contributed by atoms with Gasteiger partial charge in [0.15, 0.2) is 0 Å². The molecular formula is C12H17NO2. The predicted molar refractivity (Wildman–Crippen MR) is 62.0 cm³/mol. The fourth-order valence-electron chi connectivity index (χ4n) is 0.755. The maximum Gasteiger partial charge on any atom is 0.207 e. The summed E-state index contributed by atoms with van der Waals surface area (Å²) in [5.74, 6) is 0. The van der Waals surface area contributed by atoms with Gasteiger partial charge in [-0.05, 0) is 12.5 Å². The van der Waals surface area contributed by atoms with Gasteiger partial charge in [-0.25, -0.2) is 0 Å². The number of benzene rings is 1. The Hall–Kier alpha value is -1.79. The lowest BCUT2D eigenvalue weighted by Crippen LogP contribution is -2.09. The number of aliphatic hydroxyl groups excluding tert-OH is 1. The molecule has 3 heteroatoms. The van der Waals surface area contributed by atoms with Gasteiger partial charge in [0.2, 0.25) is 6.41 Å². The summed E-state index contributed by atoms with van der Waals surface area (Å²) in [6, 6.07) is 9.78. The van der Waals surface area contributed by atoms with Gasteiger partial charge in [-0.1, -0.05) is 30.3 Å². The van der Waals surface area contributed by atoms with Crippen LogP contribution in [0.1, 0.15) is 12.5 Å². The van der Waals surface area contributed by atoms with Crippen LogP contribution in [0.4, 0.5) is 0 Å². The molecular weight excluding hydrogens is 190 g/mol. The number of rotatable bonds is 3. The SMILES string of the molecule is C#C.CCO.O=CNCc1ccccc1. The average molecular weight is 207 g/mol. The van der Waals surface area contributed by atoms with Crippen LogP contribution in [-0.4, -0.2) is 18.1 Å². The van der Waals surface area contributed by atoms with Gasteiger partial charge in [0.1, 0.15) is 0 Å². The summed E-state index contributed by atoms with van der Waals surface area (Å²) in [5, 5.41) is 10.2. The monoisotopic (exact) mass is 207 g/mol. The molecule has 0 heterocycles. The zero-order valence-electron chi connectivity index (χ0n) is 8.89. The van der Waals surface area contributed by atoms with E-state index in [0.717, 1.165) is 5.56 Å². The van der Waals surface area contributed by atoms with Crippen LogP contribution in [0, 0.1) is 12.8 Å². The second kappa shape index (κ2) is 14.7. The Kier molecular flexibility index (Phi) is 15.4. The van der Waals surface area contributed by atoms with E-state index in [1.54, 1.807) is 6.92 Å². The van der Waals surface area contributed by atoms with Crippen molar-refractivity contribution in [3.63, 3.8) is 0 Å². The molecule has 0 aliphatic heterocycles. The van der Waals surface area contributed by atoms with E-state index < -0.39 is 0 Å². The fraction of sp³-hybridized carbons (Fsp3) is 0.250. The molecule has 0 aromatic heterocycles. The Bertz CT molecular complexity index is 244. The summed E-state index contributed by atoms with van der Waals surface area (Å²) >= 11 is 0. The lowest BCUT2D eigenvalue weighted by molar-refractivity contribution is -0.109. The maximum absolute atomic E-state index is 9.87. The first-order chi connectivity index (χ1) is 7.35. The lowest BCUT2D eigenvalue weighted by Gasteiger charge is -1.96. The molecule has 0 spiro atoms. The number of hydrogen-bond donors (Lipinski definition) is 2. The van der Waals surface area contributed by atoms with E-state index in [9.17, 15) is 4.79 Å². The third kappa shape index (κ3) is 12.2. The molecule has 2 N–H and O–H groups in total. The molecule has 3 nitrogen and oxygen atoms in total. The summed E-state index contributed by atoms with van der Waals surface area (Å²) in [6.07, 6.45) is 8.70. The van der Waals surface area contributed by atoms with Crippen LogP contribution in [0.2, 0.25) is 0 Å². The topological polar surface area (TPSA) is 49.3 Å². The minimum Gasteiger partial charge on any atom is -0.397 e. The van der Waals surface area contributed by atoms with Gasteiger partial charge in [0, 0.05) is 13.2 Å². The van der Waals surface area contributed by atoms with Gasteiger partial charge < -0.3 is 10.4 Å². The minimum atomic E-state index is 0.250. The van der Waals surface area contributed by atoms with Crippen molar-refractivity contribution in [2.45, 2.75) is 13.5 Å². The smallest absolute Gasteiger partial charge is 0.207 e. The summed E-state index contributed by atoms with van der Waals surface area (Å²) < 4.78 is 0. The molecule has 0 aliphatic rings.